The Hall–Kier alpha value is -2.38. The SMILES string of the molecule is CCCCCC/C=C/CC/C=C/C(O)C(COC1OC(CO)C(O)C(O)C1O)NC(=O)CCCCCCCCCCCCCCCCCCC/C=C\C/C=C\CCCCCCCCCCCCCOC(=O)CCCCCCCCCCCCC. The molecule has 492 valence electrons. The third kappa shape index (κ3) is 50.6. The Morgan fingerprint density at radius 3 is 1.26 bits per heavy atom. The Morgan fingerprint density at radius 2 is 0.810 bits per heavy atom. The van der Waals surface area contributed by atoms with Crippen LogP contribution in [0.5, 0.6) is 0 Å². The summed E-state index contributed by atoms with van der Waals surface area (Å²) < 4.78 is 16.7. The second kappa shape index (κ2) is 62.2. The molecule has 7 unspecified atom stereocenters. The Bertz CT molecular complexity index is 1530. The Morgan fingerprint density at radius 1 is 0.440 bits per heavy atom. The highest BCUT2D eigenvalue weighted by Gasteiger charge is 2.44. The lowest BCUT2D eigenvalue weighted by Crippen LogP contribution is -2.60. The molecule has 7 atom stereocenters. The maximum absolute atomic E-state index is 13.0. The fraction of sp³-hybridized carbons (Fsp3) is 0.863. The van der Waals surface area contributed by atoms with E-state index in [0.29, 0.717) is 19.4 Å². The van der Waals surface area contributed by atoms with E-state index in [1.165, 1.54) is 257 Å². The standard InChI is InChI=1S/C73H135NO10/c1-3-5-7-9-11-13-40-45-49-53-57-61-69(78)82-62-58-54-50-46-42-39-37-35-33-31-29-27-25-23-21-19-17-15-16-18-20-22-24-26-28-30-32-34-36-38-41-44-48-52-56-60-68(77)74-65(64-83-73-72(81)71(80)70(79)67(63-75)84-73)66(76)59-55-51-47-43-14-12-10-8-6-4-2/h14,17,19,23,25,43,55,59,65-67,70-73,75-76,79-81H,3-13,15-16,18,20-22,24,26-42,44-54,56-58,60-64H2,1-2H3,(H,74,77)/b19-17-,25-23-,43-14+,59-55+. The van der Waals surface area contributed by atoms with E-state index in [1.807, 2.05) is 6.08 Å². The quantitative estimate of drug-likeness (QED) is 0.0195. The molecule has 11 heteroatoms. The van der Waals surface area contributed by atoms with Gasteiger partial charge >= 0.3 is 5.97 Å². The summed E-state index contributed by atoms with van der Waals surface area (Å²) >= 11 is 0. The highest BCUT2D eigenvalue weighted by Crippen LogP contribution is 2.23. The number of carbonyl (C=O) groups is 2. The molecule has 1 aliphatic heterocycles. The largest absolute Gasteiger partial charge is 0.466 e. The summed E-state index contributed by atoms with van der Waals surface area (Å²) in [5.74, 6) is -0.181. The first kappa shape index (κ1) is 79.6. The number of aliphatic hydroxyl groups excluding tert-OH is 5. The number of hydrogen-bond donors (Lipinski definition) is 6. The van der Waals surface area contributed by atoms with E-state index in [-0.39, 0.29) is 18.5 Å². The summed E-state index contributed by atoms with van der Waals surface area (Å²) in [5.41, 5.74) is 0. The second-order valence-corrected chi connectivity index (χ2v) is 24.9. The summed E-state index contributed by atoms with van der Waals surface area (Å²) in [7, 11) is 0. The zero-order chi connectivity index (χ0) is 60.9. The molecule has 0 radical (unpaired) electrons. The normalized spacial score (nSPS) is 18.3. The van der Waals surface area contributed by atoms with Crippen molar-refractivity contribution in [1.82, 2.24) is 5.32 Å². The van der Waals surface area contributed by atoms with Crippen molar-refractivity contribution in [3.05, 3.63) is 48.6 Å². The first-order chi connectivity index (χ1) is 41.2. The predicted molar refractivity (Wildman–Crippen MR) is 352 cm³/mol. The van der Waals surface area contributed by atoms with Crippen LogP contribution in [-0.4, -0.2) is 100 Å². The van der Waals surface area contributed by atoms with Crippen molar-refractivity contribution in [2.45, 2.75) is 384 Å². The molecule has 0 aromatic rings. The van der Waals surface area contributed by atoms with Gasteiger partial charge < -0.3 is 45.1 Å². The fourth-order valence-corrected chi connectivity index (χ4v) is 11.2. The van der Waals surface area contributed by atoms with Gasteiger partial charge in [0.1, 0.15) is 24.4 Å². The molecule has 0 aromatic carbocycles. The van der Waals surface area contributed by atoms with Crippen molar-refractivity contribution >= 4 is 11.9 Å². The summed E-state index contributed by atoms with van der Waals surface area (Å²) in [4.78, 5) is 25.0. The highest BCUT2D eigenvalue weighted by molar-refractivity contribution is 5.76. The van der Waals surface area contributed by atoms with Crippen LogP contribution in [0.2, 0.25) is 0 Å². The van der Waals surface area contributed by atoms with E-state index < -0.39 is 49.5 Å². The number of esters is 1. The monoisotopic (exact) mass is 1190 g/mol. The van der Waals surface area contributed by atoms with E-state index in [2.05, 4.69) is 55.6 Å². The fourth-order valence-electron chi connectivity index (χ4n) is 11.2. The molecular weight excluding hydrogens is 1050 g/mol. The number of amides is 1. The zero-order valence-corrected chi connectivity index (χ0v) is 54.6. The molecule has 1 fully saturated rings. The lowest BCUT2D eigenvalue weighted by Gasteiger charge is -2.40. The average Bonchev–Trinajstić information content (AvgIpc) is 3.69. The lowest BCUT2D eigenvalue weighted by atomic mass is 9.99. The molecule has 1 heterocycles. The summed E-state index contributed by atoms with van der Waals surface area (Å²) in [6, 6.07) is -0.825. The third-order valence-electron chi connectivity index (χ3n) is 16.9. The summed E-state index contributed by atoms with van der Waals surface area (Å²) in [5, 5.41) is 54.3. The molecule has 0 aromatic heterocycles. The number of allylic oxidation sites excluding steroid dienone is 7. The van der Waals surface area contributed by atoms with Crippen LogP contribution in [0.3, 0.4) is 0 Å². The Balaban J connectivity index is 1.93. The molecule has 1 aliphatic rings. The lowest BCUT2D eigenvalue weighted by molar-refractivity contribution is -0.302. The molecule has 0 saturated carbocycles. The molecule has 11 nitrogen and oxygen atoms in total. The van der Waals surface area contributed by atoms with Gasteiger partial charge in [-0.1, -0.05) is 300 Å². The van der Waals surface area contributed by atoms with Gasteiger partial charge in [-0.25, -0.2) is 0 Å². The average molecular weight is 1190 g/mol. The summed E-state index contributed by atoms with van der Waals surface area (Å²) in [6.45, 7) is 4.32. The van der Waals surface area contributed by atoms with Gasteiger partial charge in [0.25, 0.3) is 0 Å². The second-order valence-electron chi connectivity index (χ2n) is 24.9. The maximum atomic E-state index is 13.0. The number of rotatable bonds is 63. The van der Waals surface area contributed by atoms with Crippen LogP contribution in [0.4, 0.5) is 0 Å². The number of unbranched alkanes of at least 4 members (excludes halogenated alkanes) is 43. The van der Waals surface area contributed by atoms with Gasteiger partial charge in [-0.15, -0.1) is 0 Å². The number of hydrogen-bond acceptors (Lipinski definition) is 10. The highest BCUT2D eigenvalue weighted by atomic mass is 16.7. The molecule has 1 rings (SSSR count). The number of nitrogens with one attached hydrogen (secondary N) is 1. The first-order valence-corrected chi connectivity index (χ1v) is 35.9. The van der Waals surface area contributed by atoms with Gasteiger partial charge in [0.05, 0.1) is 32.0 Å². The van der Waals surface area contributed by atoms with Crippen LogP contribution in [0.25, 0.3) is 0 Å². The van der Waals surface area contributed by atoms with E-state index in [1.54, 1.807) is 6.08 Å². The molecule has 6 N–H and O–H groups in total. The smallest absolute Gasteiger partial charge is 0.305 e. The molecule has 1 saturated heterocycles. The minimum atomic E-state index is -1.57. The zero-order valence-electron chi connectivity index (χ0n) is 54.6. The van der Waals surface area contributed by atoms with Crippen LogP contribution < -0.4 is 5.32 Å². The predicted octanol–water partition coefficient (Wildman–Crippen LogP) is 18.4. The van der Waals surface area contributed by atoms with Crippen molar-refractivity contribution in [2.24, 2.45) is 0 Å². The first-order valence-electron chi connectivity index (χ1n) is 35.9. The molecule has 1 amide bonds. The molecule has 84 heavy (non-hydrogen) atoms. The van der Waals surface area contributed by atoms with Crippen molar-refractivity contribution in [3.63, 3.8) is 0 Å². The molecular formula is C73H135NO10. The van der Waals surface area contributed by atoms with E-state index in [9.17, 15) is 35.1 Å². The van der Waals surface area contributed by atoms with Crippen LogP contribution >= 0.6 is 0 Å². The van der Waals surface area contributed by atoms with E-state index >= 15 is 0 Å². The van der Waals surface area contributed by atoms with Gasteiger partial charge in [0.2, 0.25) is 5.91 Å². The Kier molecular flexibility index (Phi) is 59.0. The van der Waals surface area contributed by atoms with Gasteiger partial charge in [-0.2, -0.15) is 0 Å². The third-order valence-corrected chi connectivity index (χ3v) is 16.9. The van der Waals surface area contributed by atoms with Crippen LogP contribution in [0, 0.1) is 0 Å². The maximum Gasteiger partial charge on any atom is 0.305 e. The van der Waals surface area contributed by atoms with Crippen LogP contribution in [-0.2, 0) is 23.8 Å². The van der Waals surface area contributed by atoms with Gasteiger partial charge in [0.15, 0.2) is 6.29 Å². The number of ether oxygens (including phenoxy) is 3. The molecule has 0 aliphatic carbocycles. The molecule has 0 bridgehead atoms. The number of carbonyl (C=O) groups excluding carboxylic acids is 2. The van der Waals surface area contributed by atoms with Crippen LogP contribution in [0.15, 0.2) is 48.6 Å². The minimum absolute atomic E-state index is 0.00959. The topological polar surface area (TPSA) is 175 Å². The van der Waals surface area contributed by atoms with E-state index in [4.69, 9.17) is 14.2 Å². The van der Waals surface area contributed by atoms with Crippen molar-refractivity contribution < 1.29 is 49.3 Å². The van der Waals surface area contributed by atoms with Crippen molar-refractivity contribution in [3.8, 4) is 0 Å². The van der Waals surface area contributed by atoms with Gasteiger partial charge in [-0.3, -0.25) is 9.59 Å². The van der Waals surface area contributed by atoms with Crippen molar-refractivity contribution in [1.29, 1.82) is 0 Å². The van der Waals surface area contributed by atoms with Crippen molar-refractivity contribution in [2.75, 3.05) is 19.8 Å². The van der Waals surface area contributed by atoms with Gasteiger partial charge in [-0.05, 0) is 77.0 Å². The van der Waals surface area contributed by atoms with Gasteiger partial charge in [0, 0.05) is 12.8 Å². The minimum Gasteiger partial charge on any atom is -0.466 e. The Labute approximate surface area is 516 Å². The number of aliphatic hydroxyl groups is 5. The van der Waals surface area contributed by atoms with Crippen LogP contribution in [0.1, 0.15) is 341 Å². The van der Waals surface area contributed by atoms with E-state index in [0.717, 1.165) is 57.8 Å². The summed E-state index contributed by atoms with van der Waals surface area (Å²) in [6.07, 6.45) is 71.3. The molecule has 0 spiro atoms.